The van der Waals surface area contributed by atoms with Crippen molar-refractivity contribution in [3.8, 4) is 0 Å². The highest BCUT2D eigenvalue weighted by atomic mass is 16.6. The van der Waals surface area contributed by atoms with Gasteiger partial charge in [0.05, 0.1) is 0 Å². The normalized spacial score (nSPS) is 18.4. The molecule has 1 aliphatic rings. The van der Waals surface area contributed by atoms with Gasteiger partial charge in [0.25, 0.3) is 0 Å². The van der Waals surface area contributed by atoms with E-state index < -0.39 is 0 Å². The second kappa shape index (κ2) is 1.43. The van der Waals surface area contributed by atoms with E-state index in [2.05, 4.69) is 16.6 Å². The number of oxime groups is 1. The third-order valence-corrected chi connectivity index (χ3v) is 0.933. The summed E-state index contributed by atoms with van der Waals surface area (Å²) < 4.78 is 0. The Labute approximate surface area is 47.2 Å². The molecule has 0 unspecified atom stereocenters. The summed E-state index contributed by atoms with van der Waals surface area (Å²) in [7, 11) is 0. The molecule has 0 amide bonds. The summed E-state index contributed by atoms with van der Waals surface area (Å²) in [6, 6.07) is 0. The van der Waals surface area contributed by atoms with Gasteiger partial charge in [-0.3, -0.25) is 5.41 Å². The highest BCUT2D eigenvalue weighted by Crippen LogP contribution is 2.06. The molecule has 1 aliphatic heterocycles. The molecule has 0 saturated carbocycles. The Hall–Kier alpha value is -1.12. The summed E-state index contributed by atoms with van der Waals surface area (Å²) in [5.74, 6) is 0.336. The molecule has 0 atom stereocenters. The maximum Gasteiger partial charge on any atom is 0.177 e. The molecule has 0 aromatic carbocycles. The van der Waals surface area contributed by atoms with Gasteiger partial charge in [0.15, 0.2) is 5.76 Å². The van der Waals surface area contributed by atoms with Crippen LogP contribution in [0.4, 0.5) is 0 Å². The molecule has 0 spiro atoms. The van der Waals surface area contributed by atoms with Crippen LogP contribution in [-0.4, -0.2) is 11.4 Å². The zero-order valence-corrected chi connectivity index (χ0v) is 4.56. The maximum atomic E-state index is 7.11. The molecule has 3 heteroatoms. The van der Waals surface area contributed by atoms with Gasteiger partial charge in [-0.1, -0.05) is 11.7 Å². The molecule has 8 heavy (non-hydrogen) atoms. The Kier molecular flexibility index (Phi) is 0.901. The quantitative estimate of drug-likeness (QED) is 0.495. The molecule has 0 saturated heterocycles. The second-order valence-corrected chi connectivity index (χ2v) is 1.57. The average Bonchev–Trinajstić information content (AvgIpc) is 1.98. The van der Waals surface area contributed by atoms with E-state index in [-0.39, 0.29) is 0 Å². The third-order valence-electron chi connectivity index (χ3n) is 0.933. The smallest absolute Gasteiger partial charge is 0.177 e. The Morgan fingerprint density at radius 3 is 2.50 bits per heavy atom. The van der Waals surface area contributed by atoms with Crippen molar-refractivity contribution in [1.82, 2.24) is 0 Å². The number of hydrogen-bond acceptors (Lipinski definition) is 3. The predicted molar refractivity (Wildman–Crippen MR) is 31.1 cm³/mol. The molecule has 0 radical (unpaired) electrons. The van der Waals surface area contributed by atoms with Crippen molar-refractivity contribution in [2.75, 3.05) is 0 Å². The van der Waals surface area contributed by atoms with Crippen LogP contribution >= 0.6 is 0 Å². The summed E-state index contributed by atoms with van der Waals surface area (Å²) >= 11 is 0. The highest BCUT2D eigenvalue weighted by Gasteiger charge is 2.14. The molecule has 1 rings (SSSR count). The van der Waals surface area contributed by atoms with E-state index in [0.29, 0.717) is 17.2 Å². The van der Waals surface area contributed by atoms with Crippen molar-refractivity contribution in [2.45, 2.75) is 6.92 Å². The Morgan fingerprint density at radius 2 is 2.38 bits per heavy atom. The molecule has 0 aromatic rings. The van der Waals surface area contributed by atoms with Crippen LogP contribution in [0.1, 0.15) is 6.92 Å². The second-order valence-electron chi connectivity index (χ2n) is 1.57. The van der Waals surface area contributed by atoms with Crippen LogP contribution < -0.4 is 0 Å². The van der Waals surface area contributed by atoms with Gasteiger partial charge in [0.1, 0.15) is 11.4 Å². The van der Waals surface area contributed by atoms with E-state index in [1.54, 1.807) is 6.92 Å². The van der Waals surface area contributed by atoms with E-state index in [1.807, 2.05) is 0 Å². The van der Waals surface area contributed by atoms with E-state index >= 15 is 0 Å². The molecule has 0 bridgehead atoms. The van der Waals surface area contributed by atoms with Crippen molar-refractivity contribution in [3.05, 3.63) is 12.3 Å². The zero-order valence-electron chi connectivity index (χ0n) is 4.56. The highest BCUT2D eigenvalue weighted by molar-refractivity contribution is 6.46. The van der Waals surface area contributed by atoms with Gasteiger partial charge in [-0.05, 0) is 6.92 Å². The Bertz CT molecular complexity index is 181. The molecule has 0 fully saturated rings. The summed E-state index contributed by atoms with van der Waals surface area (Å²) in [6.45, 7) is 5.13. The first-order chi connectivity index (χ1) is 3.72. The van der Waals surface area contributed by atoms with Crippen molar-refractivity contribution in [1.29, 1.82) is 5.41 Å². The van der Waals surface area contributed by atoms with Gasteiger partial charge in [0, 0.05) is 0 Å². The van der Waals surface area contributed by atoms with E-state index in [0.717, 1.165) is 0 Å². The minimum absolute atomic E-state index is 0.296. The Morgan fingerprint density at radius 1 is 1.75 bits per heavy atom. The lowest BCUT2D eigenvalue weighted by Crippen LogP contribution is -2.02. The van der Waals surface area contributed by atoms with Gasteiger partial charge in [-0.2, -0.15) is 0 Å². The van der Waals surface area contributed by atoms with E-state index in [9.17, 15) is 0 Å². The van der Waals surface area contributed by atoms with Crippen LogP contribution in [0, 0.1) is 5.41 Å². The SMILES string of the molecule is C=C1ON=C(C)C1=N. The lowest BCUT2D eigenvalue weighted by molar-refractivity contribution is 0.260. The monoisotopic (exact) mass is 110 g/mol. The van der Waals surface area contributed by atoms with Gasteiger partial charge >= 0.3 is 0 Å². The molecule has 3 nitrogen and oxygen atoms in total. The number of hydrogen-bond donors (Lipinski definition) is 1. The minimum Gasteiger partial charge on any atom is -0.355 e. The van der Waals surface area contributed by atoms with Crippen molar-refractivity contribution >= 4 is 11.4 Å². The third kappa shape index (κ3) is 0.521. The molecule has 0 aliphatic carbocycles. The van der Waals surface area contributed by atoms with E-state index in [4.69, 9.17) is 5.41 Å². The van der Waals surface area contributed by atoms with Crippen LogP contribution in [0.25, 0.3) is 0 Å². The number of nitrogens with zero attached hydrogens (tertiary/aromatic N) is 1. The maximum absolute atomic E-state index is 7.11. The number of allylic oxidation sites excluding steroid dienone is 1. The molecule has 1 heterocycles. The molecular formula is C5H6N2O. The average molecular weight is 110 g/mol. The van der Waals surface area contributed by atoms with Crippen molar-refractivity contribution in [2.24, 2.45) is 5.16 Å². The first kappa shape index (κ1) is 5.03. The standard InChI is InChI=1S/C5H6N2O/c1-3-5(6)4(2)8-7-3/h6H,2H2,1H3. The summed E-state index contributed by atoms with van der Waals surface area (Å²) in [6.07, 6.45) is 0. The topological polar surface area (TPSA) is 45.4 Å². The summed E-state index contributed by atoms with van der Waals surface area (Å²) in [5.41, 5.74) is 0.889. The summed E-state index contributed by atoms with van der Waals surface area (Å²) in [5, 5.41) is 10.6. The van der Waals surface area contributed by atoms with Gasteiger partial charge in [-0.15, -0.1) is 0 Å². The van der Waals surface area contributed by atoms with Crippen LogP contribution in [0.2, 0.25) is 0 Å². The van der Waals surface area contributed by atoms with Crippen molar-refractivity contribution < 1.29 is 4.84 Å². The van der Waals surface area contributed by atoms with Crippen LogP contribution in [0.3, 0.4) is 0 Å². The Balaban J connectivity index is 2.89. The van der Waals surface area contributed by atoms with Gasteiger partial charge < -0.3 is 4.84 Å². The minimum atomic E-state index is 0.296. The largest absolute Gasteiger partial charge is 0.355 e. The van der Waals surface area contributed by atoms with Crippen LogP contribution in [0.5, 0.6) is 0 Å². The van der Waals surface area contributed by atoms with Crippen LogP contribution in [0.15, 0.2) is 17.5 Å². The lowest BCUT2D eigenvalue weighted by atomic mass is 10.2. The van der Waals surface area contributed by atoms with Crippen LogP contribution in [-0.2, 0) is 4.84 Å². The number of rotatable bonds is 0. The van der Waals surface area contributed by atoms with Crippen molar-refractivity contribution in [3.63, 3.8) is 0 Å². The summed E-state index contributed by atoms with van der Waals surface area (Å²) in [4.78, 5) is 4.55. The number of nitrogens with one attached hydrogen (secondary N) is 1. The molecule has 0 aromatic heterocycles. The molecular weight excluding hydrogens is 104 g/mol. The molecule has 42 valence electrons. The fourth-order valence-electron chi connectivity index (χ4n) is 0.417. The molecule has 1 N–H and O–H groups in total. The van der Waals surface area contributed by atoms with Gasteiger partial charge in [0.2, 0.25) is 0 Å². The predicted octanol–water partition coefficient (Wildman–Crippen LogP) is 0.926. The fourth-order valence-corrected chi connectivity index (χ4v) is 0.417. The lowest BCUT2D eigenvalue weighted by Gasteiger charge is -1.85. The first-order valence-corrected chi connectivity index (χ1v) is 2.21. The van der Waals surface area contributed by atoms with Gasteiger partial charge in [-0.25, -0.2) is 0 Å². The fraction of sp³-hybridized carbons (Fsp3) is 0.200. The van der Waals surface area contributed by atoms with E-state index in [1.165, 1.54) is 0 Å². The zero-order chi connectivity index (χ0) is 6.15. The first-order valence-electron chi connectivity index (χ1n) is 2.21.